The molecule has 1 heterocycles. The van der Waals surface area contributed by atoms with Crippen molar-refractivity contribution in [2.45, 2.75) is 37.8 Å². The zero-order chi connectivity index (χ0) is 11.7. The van der Waals surface area contributed by atoms with Crippen molar-refractivity contribution in [3.05, 3.63) is 0 Å². The van der Waals surface area contributed by atoms with Crippen LogP contribution in [-0.4, -0.2) is 60.1 Å². The number of carboxylic acids is 1. The van der Waals surface area contributed by atoms with Gasteiger partial charge in [-0.25, -0.2) is 0 Å². The molecule has 4 heteroatoms. The molecule has 1 saturated heterocycles. The first kappa shape index (κ1) is 11.9. The average Bonchev–Trinajstić information content (AvgIpc) is 2.14. The number of likely N-dealkylation sites (tertiary alicyclic amines) is 1. The van der Waals surface area contributed by atoms with Crippen molar-refractivity contribution in [1.29, 1.82) is 0 Å². The van der Waals surface area contributed by atoms with Crippen LogP contribution in [0.5, 0.6) is 0 Å². The van der Waals surface area contributed by atoms with E-state index >= 15 is 0 Å². The highest BCUT2D eigenvalue weighted by molar-refractivity contribution is 5.72. The molecule has 0 radical (unpaired) electrons. The second-order valence-corrected chi connectivity index (χ2v) is 5.31. The summed E-state index contributed by atoms with van der Waals surface area (Å²) >= 11 is 0. The van der Waals surface area contributed by atoms with Crippen molar-refractivity contribution < 1.29 is 9.90 Å². The summed E-state index contributed by atoms with van der Waals surface area (Å²) in [6, 6.07) is 0.819. The lowest BCUT2D eigenvalue weighted by Gasteiger charge is -2.46. The normalized spacial score (nSPS) is 36.1. The zero-order valence-electron chi connectivity index (χ0n) is 10.2. The van der Waals surface area contributed by atoms with E-state index in [1.807, 2.05) is 0 Å². The molecular weight excluding hydrogens is 204 g/mol. The minimum absolute atomic E-state index is 0.128. The summed E-state index contributed by atoms with van der Waals surface area (Å²) in [5.41, 5.74) is 0. The number of piperidine rings is 1. The van der Waals surface area contributed by atoms with E-state index in [2.05, 4.69) is 23.9 Å². The van der Waals surface area contributed by atoms with Crippen LogP contribution >= 0.6 is 0 Å². The number of nitrogens with zero attached hydrogens (tertiary/aromatic N) is 2. The first-order valence-corrected chi connectivity index (χ1v) is 6.23. The van der Waals surface area contributed by atoms with Crippen LogP contribution in [0.15, 0.2) is 0 Å². The molecule has 1 saturated carbocycles. The number of carbonyl (C=O) groups is 1. The van der Waals surface area contributed by atoms with E-state index in [0.29, 0.717) is 6.04 Å². The monoisotopic (exact) mass is 226 g/mol. The lowest BCUT2D eigenvalue weighted by Crippen LogP contribution is -2.55. The number of hydrogen-bond donors (Lipinski definition) is 1. The molecule has 4 nitrogen and oxygen atoms in total. The summed E-state index contributed by atoms with van der Waals surface area (Å²) in [6.07, 6.45) is 4.35. The van der Waals surface area contributed by atoms with Gasteiger partial charge in [0.25, 0.3) is 0 Å². The molecular formula is C12H22N2O2. The standard InChI is InChI=1S/C12H22N2O2/c1-13-7-3-4-9(8-13)14(2)11-6-5-10(11)12(15)16/h9-11H,3-8H2,1-2H3,(H,15,16). The van der Waals surface area contributed by atoms with Crippen LogP contribution < -0.4 is 0 Å². The van der Waals surface area contributed by atoms with E-state index in [1.54, 1.807) is 0 Å². The Morgan fingerprint density at radius 1 is 1.38 bits per heavy atom. The van der Waals surface area contributed by atoms with Gasteiger partial charge in [0.2, 0.25) is 0 Å². The summed E-state index contributed by atoms with van der Waals surface area (Å²) in [6.45, 7) is 2.26. The third kappa shape index (κ3) is 2.23. The molecule has 3 atom stereocenters. The van der Waals surface area contributed by atoms with Crippen LogP contribution in [0.1, 0.15) is 25.7 Å². The minimum Gasteiger partial charge on any atom is -0.481 e. The Hall–Kier alpha value is -0.610. The van der Waals surface area contributed by atoms with Gasteiger partial charge in [-0.2, -0.15) is 0 Å². The Morgan fingerprint density at radius 2 is 2.12 bits per heavy atom. The predicted octanol–water partition coefficient (Wildman–Crippen LogP) is 0.876. The minimum atomic E-state index is -0.618. The molecule has 16 heavy (non-hydrogen) atoms. The SMILES string of the molecule is CN1CCCC(N(C)C2CCC2C(=O)O)C1. The van der Waals surface area contributed by atoms with Crippen molar-refractivity contribution >= 4 is 5.97 Å². The highest BCUT2D eigenvalue weighted by Crippen LogP contribution is 2.33. The van der Waals surface area contributed by atoms with E-state index < -0.39 is 5.97 Å². The summed E-state index contributed by atoms with van der Waals surface area (Å²) in [5.74, 6) is -0.746. The summed E-state index contributed by atoms with van der Waals surface area (Å²) in [4.78, 5) is 15.7. The molecule has 1 aliphatic carbocycles. The lowest BCUT2D eigenvalue weighted by atomic mass is 9.78. The summed E-state index contributed by atoms with van der Waals surface area (Å²) < 4.78 is 0. The average molecular weight is 226 g/mol. The Morgan fingerprint density at radius 3 is 2.62 bits per heavy atom. The number of rotatable bonds is 3. The number of carboxylic acid groups (broad SMARTS) is 1. The van der Waals surface area contributed by atoms with E-state index in [9.17, 15) is 4.79 Å². The van der Waals surface area contributed by atoms with Gasteiger partial charge in [-0.05, 0) is 46.3 Å². The van der Waals surface area contributed by atoms with Crippen LogP contribution in [0.2, 0.25) is 0 Å². The Kier molecular flexibility index (Phi) is 3.50. The first-order valence-electron chi connectivity index (χ1n) is 6.23. The topological polar surface area (TPSA) is 43.8 Å². The fourth-order valence-electron chi connectivity index (χ4n) is 3.00. The van der Waals surface area contributed by atoms with Gasteiger partial charge < -0.3 is 10.0 Å². The van der Waals surface area contributed by atoms with Crippen molar-refractivity contribution in [3.8, 4) is 0 Å². The van der Waals surface area contributed by atoms with E-state index in [-0.39, 0.29) is 12.0 Å². The van der Waals surface area contributed by atoms with E-state index in [4.69, 9.17) is 5.11 Å². The molecule has 0 amide bonds. The van der Waals surface area contributed by atoms with Gasteiger partial charge >= 0.3 is 5.97 Å². The molecule has 3 unspecified atom stereocenters. The fraction of sp³-hybridized carbons (Fsp3) is 0.917. The predicted molar refractivity (Wildman–Crippen MR) is 62.4 cm³/mol. The smallest absolute Gasteiger partial charge is 0.308 e. The van der Waals surface area contributed by atoms with Gasteiger partial charge in [0, 0.05) is 18.6 Å². The first-order chi connectivity index (χ1) is 7.59. The van der Waals surface area contributed by atoms with Gasteiger partial charge in [-0.1, -0.05) is 0 Å². The van der Waals surface area contributed by atoms with Crippen molar-refractivity contribution in [1.82, 2.24) is 9.80 Å². The van der Waals surface area contributed by atoms with Crippen LogP contribution in [0, 0.1) is 5.92 Å². The Bertz CT molecular complexity index is 270. The highest BCUT2D eigenvalue weighted by Gasteiger charge is 2.41. The molecule has 2 rings (SSSR count). The van der Waals surface area contributed by atoms with Gasteiger partial charge in [-0.3, -0.25) is 9.69 Å². The number of likely N-dealkylation sites (N-methyl/N-ethyl adjacent to an activating group) is 2. The summed E-state index contributed by atoms with van der Waals surface area (Å²) in [7, 11) is 4.25. The largest absolute Gasteiger partial charge is 0.481 e. The van der Waals surface area contributed by atoms with Gasteiger partial charge in [0.15, 0.2) is 0 Å². The molecule has 1 aliphatic heterocycles. The molecule has 92 valence electrons. The molecule has 0 aromatic carbocycles. The molecule has 0 spiro atoms. The third-order valence-corrected chi connectivity index (χ3v) is 4.25. The molecule has 1 N–H and O–H groups in total. The zero-order valence-corrected chi connectivity index (χ0v) is 10.2. The van der Waals surface area contributed by atoms with Crippen LogP contribution in [0.4, 0.5) is 0 Å². The molecule has 0 aromatic rings. The van der Waals surface area contributed by atoms with Crippen molar-refractivity contribution in [2.24, 2.45) is 5.92 Å². The summed E-state index contributed by atoms with van der Waals surface area (Å²) in [5, 5.41) is 9.07. The van der Waals surface area contributed by atoms with Crippen LogP contribution in [0.3, 0.4) is 0 Å². The van der Waals surface area contributed by atoms with Crippen LogP contribution in [-0.2, 0) is 4.79 Å². The maximum absolute atomic E-state index is 11.0. The second-order valence-electron chi connectivity index (χ2n) is 5.31. The third-order valence-electron chi connectivity index (χ3n) is 4.25. The number of hydrogen-bond acceptors (Lipinski definition) is 3. The quantitative estimate of drug-likeness (QED) is 0.775. The molecule has 0 aromatic heterocycles. The van der Waals surface area contributed by atoms with E-state index in [1.165, 1.54) is 19.4 Å². The van der Waals surface area contributed by atoms with Gasteiger partial charge in [-0.15, -0.1) is 0 Å². The van der Waals surface area contributed by atoms with E-state index in [0.717, 1.165) is 19.4 Å². The van der Waals surface area contributed by atoms with Crippen molar-refractivity contribution in [3.63, 3.8) is 0 Å². The maximum atomic E-state index is 11.0. The highest BCUT2D eigenvalue weighted by atomic mass is 16.4. The van der Waals surface area contributed by atoms with Gasteiger partial charge in [0.1, 0.15) is 0 Å². The Labute approximate surface area is 97.2 Å². The number of aliphatic carboxylic acids is 1. The lowest BCUT2D eigenvalue weighted by molar-refractivity contribution is -0.149. The fourth-order valence-corrected chi connectivity index (χ4v) is 3.00. The maximum Gasteiger partial charge on any atom is 0.308 e. The second kappa shape index (κ2) is 4.72. The molecule has 2 aliphatic rings. The molecule has 0 bridgehead atoms. The van der Waals surface area contributed by atoms with Crippen molar-refractivity contribution in [2.75, 3.05) is 27.2 Å². The molecule has 2 fully saturated rings. The van der Waals surface area contributed by atoms with Crippen LogP contribution in [0.25, 0.3) is 0 Å². The Balaban J connectivity index is 1.91. The van der Waals surface area contributed by atoms with Gasteiger partial charge in [0.05, 0.1) is 5.92 Å².